The predicted octanol–water partition coefficient (Wildman–Crippen LogP) is 4.76. The summed E-state index contributed by atoms with van der Waals surface area (Å²) in [6.45, 7) is 6.32. The van der Waals surface area contributed by atoms with Crippen LogP contribution in [0.25, 0.3) is 10.6 Å². The highest BCUT2D eigenvalue weighted by atomic mass is 32.2. The lowest BCUT2D eigenvalue weighted by Crippen LogP contribution is -2.27. The Kier molecular flexibility index (Phi) is 5.94. The van der Waals surface area contributed by atoms with E-state index >= 15 is 0 Å². The van der Waals surface area contributed by atoms with Gasteiger partial charge in [-0.15, -0.1) is 11.3 Å². The van der Waals surface area contributed by atoms with Gasteiger partial charge in [0.25, 0.3) is 10.0 Å². The third-order valence-electron chi connectivity index (χ3n) is 4.70. The number of imidazole rings is 1. The van der Waals surface area contributed by atoms with Crippen molar-refractivity contribution in [3.8, 4) is 22.4 Å². The summed E-state index contributed by atoms with van der Waals surface area (Å²) in [4.78, 5) is 5.05. The number of nitrogens with one attached hydrogen (secondary N) is 1. The molecule has 0 aliphatic heterocycles. The summed E-state index contributed by atoms with van der Waals surface area (Å²) in [6.07, 6.45) is 3.15. The number of hydrogen-bond donors (Lipinski definition) is 1. The van der Waals surface area contributed by atoms with Crippen molar-refractivity contribution in [2.75, 3.05) is 0 Å². The average molecular weight is 459 g/mol. The highest BCUT2D eigenvalue weighted by molar-refractivity contribution is 7.91. The largest absolute Gasteiger partial charge is 0.426 e. The van der Waals surface area contributed by atoms with Crippen molar-refractivity contribution in [1.29, 1.82) is 0 Å². The van der Waals surface area contributed by atoms with Crippen molar-refractivity contribution in [2.45, 2.75) is 37.6 Å². The number of aromatic nitrogens is 3. The van der Waals surface area contributed by atoms with Gasteiger partial charge in [0.15, 0.2) is 5.76 Å². The second-order valence-electron chi connectivity index (χ2n) is 6.96. The van der Waals surface area contributed by atoms with E-state index in [4.69, 9.17) is 9.26 Å². The number of thiophene rings is 1. The Morgan fingerprint density at radius 2 is 1.97 bits per heavy atom. The number of benzene rings is 1. The molecule has 0 aliphatic carbocycles. The van der Waals surface area contributed by atoms with Crippen molar-refractivity contribution in [1.82, 2.24) is 19.4 Å². The van der Waals surface area contributed by atoms with Gasteiger partial charge in [-0.25, -0.2) is 18.1 Å². The Balaban J connectivity index is 1.53. The monoisotopic (exact) mass is 458 g/mol. The minimum Gasteiger partial charge on any atom is -0.426 e. The van der Waals surface area contributed by atoms with Crippen LogP contribution in [0.15, 0.2) is 63.6 Å². The molecule has 0 spiro atoms. The molecular formula is C21H22N4O4S2. The molecule has 0 fully saturated rings. The van der Waals surface area contributed by atoms with Gasteiger partial charge >= 0.3 is 6.01 Å². The van der Waals surface area contributed by atoms with Crippen molar-refractivity contribution < 1.29 is 17.7 Å². The van der Waals surface area contributed by atoms with E-state index in [1.165, 1.54) is 6.20 Å². The molecular weight excluding hydrogens is 436 g/mol. The van der Waals surface area contributed by atoms with Gasteiger partial charge in [-0.05, 0) is 45.0 Å². The number of ether oxygens (including phenoxy) is 1. The summed E-state index contributed by atoms with van der Waals surface area (Å²) in [5.74, 6) is 1.20. The minimum absolute atomic E-state index is 0.199. The molecule has 4 rings (SSSR count). The summed E-state index contributed by atoms with van der Waals surface area (Å²) in [5.41, 5.74) is 1.84. The van der Waals surface area contributed by atoms with Crippen LogP contribution in [0, 0.1) is 6.92 Å². The summed E-state index contributed by atoms with van der Waals surface area (Å²) in [5, 5.41) is 3.66. The van der Waals surface area contributed by atoms with Gasteiger partial charge in [-0.2, -0.15) is 0 Å². The number of aryl methyl sites for hydroxylation is 1. The zero-order valence-corrected chi connectivity index (χ0v) is 18.9. The van der Waals surface area contributed by atoms with Crippen LogP contribution in [-0.4, -0.2) is 23.1 Å². The lowest BCUT2D eigenvalue weighted by Gasteiger charge is -2.16. The molecule has 1 N–H and O–H groups in total. The van der Waals surface area contributed by atoms with Gasteiger partial charge in [0.05, 0.1) is 29.0 Å². The number of sulfonamides is 1. The molecule has 31 heavy (non-hydrogen) atoms. The van der Waals surface area contributed by atoms with E-state index in [2.05, 4.69) is 14.9 Å². The van der Waals surface area contributed by atoms with Crippen molar-refractivity contribution in [3.63, 3.8) is 0 Å². The van der Waals surface area contributed by atoms with Crippen LogP contribution >= 0.6 is 11.3 Å². The normalized spacial score (nSPS) is 12.7. The Morgan fingerprint density at radius 1 is 1.19 bits per heavy atom. The third kappa shape index (κ3) is 4.55. The Labute approximate surface area is 184 Å². The molecule has 0 saturated heterocycles. The van der Waals surface area contributed by atoms with Crippen molar-refractivity contribution in [2.24, 2.45) is 0 Å². The quantitative estimate of drug-likeness (QED) is 0.409. The van der Waals surface area contributed by atoms with Crippen LogP contribution in [0.4, 0.5) is 0 Å². The maximum absolute atomic E-state index is 12.9. The molecule has 0 bridgehead atoms. The zero-order chi connectivity index (χ0) is 22.0. The first kappa shape index (κ1) is 21.3. The maximum Gasteiger partial charge on any atom is 0.302 e. The highest BCUT2D eigenvalue weighted by Gasteiger charge is 2.24. The molecule has 162 valence electrons. The van der Waals surface area contributed by atoms with Gasteiger partial charge in [0, 0.05) is 12.6 Å². The van der Waals surface area contributed by atoms with E-state index in [1.807, 2.05) is 42.7 Å². The average Bonchev–Trinajstić information content (AvgIpc) is 3.49. The van der Waals surface area contributed by atoms with E-state index in [0.717, 1.165) is 16.9 Å². The SMILES string of the molecule is CCn1c(C(C)NS(=O)(=O)c2ccc(-c3ccno3)s2)cnc1Oc1ccc(C)cc1. The molecule has 0 radical (unpaired) electrons. The molecule has 1 atom stereocenters. The van der Waals surface area contributed by atoms with Crippen LogP contribution in [0.2, 0.25) is 0 Å². The fraction of sp³-hybridized carbons (Fsp3) is 0.238. The van der Waals surface area contributed by atoms with Crippen molar-refractivity contribution >= 4 is 21.4 Å². The molecule has 10 heteroatoms. The van der Waals surface area contributed by atoms with Gasteiger partial charge in [-0.3, -0.25) is 4.57 Å². The topological polar surface area (TPSA) is 99.2 Å². The first-order chi connectivity index (χ1) is 14.9. The fourth-order valence-electron chi connectivity index (χ4n) is 3.12. The second kappa shape index (κ2) is 8.66. The minimum atomic E-state index is -3.73. The summed E-state index contributed by atoms with van der Waals surface area (Å²) in [6, 6.07) is 12.5. The first-order valence-corrected chi connectivity index (χ1v) is 12.0. The van der Waals surface area contributed by atoms with Crippen molar-refractivity contribution in [3.05, 3.63) is 66.1 Å². The third-order valence-corrected chi connectivity index (χ3v) is 7.83. The lowest BCUT2D eigenvalue weighted by atomic mass is 10.2. The number of hydrogen-bond acceptors (Lipinski definition) is 7. The number of nitrogens with zero attached hydrogens (tertiary/aromatic N) is 3. The molecule has 0 amide bonds. The first-order valence-electron chi connectivity index (χ1n) is 9.70. The maximum atomic E-state index is 12.9. The molecule has 8 nitrogen and oxygen atoms in total. The van der Waals surface area contributed by atoms with E-state index in [0.29, 0.717) is 34.6 Å². The van der Waals surface area contributed by atoms with Gasteiger partial charge in [0.1, 0.15) is 9.96 Å². The predicted molar refractivity (Wildman–Crippen MR) is 118 cm³/mol. The molecule has 0 aliphatic rings. The molecule has 1 aromatic carbocycles. The van der Waals surface area contributed by atoms with Crippen LogP contribution in [0.1, 0.15) is 31.1 Å². The van der Waals surface area contributed by atoms with Gasteiger partial charge < -0.3 is 9.26 Å². The zero-order valence-electron chi connectivity index (χ0n) is 17.3. The van der Waals surface area contributed by atoms with E-state index in [1.54, 1.807) is 31.3 Å². The van der Waals surface area contributed by atoms with Gasteiger partial charge in [0.2, 0.25) is 0 Å². The summed E-state index contributed by atoms with van der Waals surface area (Å²) >= 11 is 1.12. The van der Waals surface area contributed by atoms with E-state index in [9.17, 15) is 8.42 Å². The summed E-state index contributed by atoms with van der Waals surface area (Å²) < 4.78 is 41.6. The molecule has 3 aromatic heterocycles. The summed E-state index contributed by atoms with van der Waals surface area (Å²) in [7, 11) is -3.73. The van der Waals surface area contributed by atoms with E-state index in [-0.39, 0.29) is 4.21 Å². The Bertz CT molecular complexity index is 1260. The smallest absolute Gasteiger partial charge is 0.302 e. The molecule has 0 saturated carbocycles. The van der Waals surface area contributed by atoms with E-state index < -0.39 is 16.1 Å². The number of rotatable bonds is 8. The second-order valence-corrected chi connectivity index (χ2v) is 9.99. The van der Waals surface area contributed by atoms with Crippen LogP contribution in [0.3, 0.4) is 0 Å². The molecule has 3 heterocycles. The fourth-order valence-corrected chi connectivity index (χ4v) is 5.62. The highest BCUT2D eigenvalue weighted by Crippen LogP contribution is 2.32. The molecule has 1 unspecified atom stereocenters. The Morgan fingerprint density at radius 3 is 2.65 bits per heavy atom. The molecule has 4 aromatic rings. The van der Waals surface area contributed by atoms with Gasteiger partial charge in [-0.1, -0.05) is 22.9 Å². The van der Waals surface area contributed by atoms with Crippen LogP contribution in [-0.2, 0) is 16.6 Å². The Hall–Kier alpha value is -2.95. The lowest BCUT2D eigenvalue weighted by molar-refractivity contribution is 0.408. The van der Waals surface area contributed by atoms with Crippen LogP contribution < -0.4 is 9.46 Å². The van der Waals surface area contributed by atoms with Crippen LogP contribution in [0.5, 0.6) is 11.8 Å². The standard InChI is InChI=1S/C21H22N4O4S2/c1-4-25-17(13-22-21(25)28-16-7-5-14(2)6-8-16)15(3)24-31(26,27)20-10-9-19(30-20)18-11-12-23-29-18/h5-13,15,24H,4H2,1-3H3.